The second-order valence-corrected chi connectivity index (χ2v) is 5.80. The van der Waals surface area contributed by atoms with E-state index in [0.29, 0.717) is 17.6 Å². The van der Waals surface area contributed by atoms with Crippen molar-refractivity contribution >= 4 is 0 Å². The van der Waals surface area contributed by atoms with Gasteiger partial charge in [-0.05, 0) is 18.8 Å². The van der Waals surface area contributed by atoms with Crippen LogP contribution < -0.4 is 5.73 Å². The molecule has 108 valence electrons. The molecule has 0 spiro atoms. The second kappa shape index (κ2) is 6.48. The van der Waals surface area contributed by atoms with Gasteiger partial charge in [0, 0.05) is 13.2 Å². The molecule has 3 atom stereocenters. The number of hydrogen-bond acceptors (Lipinski definition) is 5. The van der Waals surface area contributed by atoms with Crippen LogP contribution in [-0.4, -0.2) is 23.3 Å². The molecule has 1 aromatic rings. The molecule has 5 nitrogen and oxygen atoms in total. The lowest BCUT2D eigenvalue weighted by molar-refractivity contribution is 0.0555. The van der Waals surface area contributed by atoms with Gasteiger partial charge in [0.25, 0.3) is 0 Å². The largest absolute Gasteiger partial charge is 0.373 e. The van der Waals surface area contributed by atoms with Gasteiger partial charge in [0.2, 0.25) is 11.7 Å². The highest BCUT2D eigenvalue weighted by atomic mass is 16.5. The van der Waals surface area contributed by atoms with Crippen molar-refractivity contribution in [1.82, 2.24) is 10.1 Å². The molecule has 1 aromatic heterocycles. The zero-order valence-electron chi connectivity index (χ0n) is 12.1. The van der Waals surface area contributed by atoms with Crippen molar-refractivity contribution in [1.29, 1.82) is 0 Å². The fourth-order valence-electron chi connectivity index (χ4n) is 2.83. The number of methoxy groups -OCH3 is 1. The van der Waals surface area contributed by atoms with Gasteiger partial charge >= 0.3 is 0 Å². The van der Waals surface area contributed by atoms with Crippen molar-refractivity contribution in [3.63, 3.8) is 0 Å². The van der Waals surface area contributed by atoms with E-state index < -0.39 is 0 Å². The minimum atomic E-state index is -0.112. The second-order valence-electron chi connectivity index (χ2n) is 5.80. The Balaban J connectivity index is 2.15. The molecule has 0 bridgehead atoms. The lowest BCUT2D eigenvalue weighted by atomic mass is 9.95. The van der Waals surface area contributed by atoms with Crippen molar-refractivity contribution in [2.75, 3.05) is 7.11 Å². The van der Waals surface area contributed by atoms with E-state index in [9.17, 15) is 0 Å². The minimum Gasteiger partial charge on any atom is -0.373 e. The summed E-state index contributed by atoms with van der Waals surface area (Å²) in [5, 5.41) is 4.08. The summed E-state index contributed by atoms with van der Waals surface area (Å²) in [7, 11) is 1.68. The fourth-order valence-corrected chi connectivity index (χ4v) is 2.83. The molecule has 3 unspecified atom stereocenters. The highest BCUT2D eigenvalue weighted by Crippen LogP contribution is 2.31. The maximum absolute atomic E-state index is 6.23. The first kappa shape index (κ1) is 14.5. The fraction of sp³-hybridized carbons (Fsp3) is 0.857. The van der Waals surface area contributed by atoms with Crippen LogP contribution in [0, 0.1) is 5.92 Å². The van der Waals surface area contributed by atoms with Crippen LogP contribution >= 0.6 is 0 Å². The van der Waals surface area contributed by atoms with Crippen LogP contribution in [-0.2, 0) is 4.74 Å². The van der Waals surface area contributed by atoms with Gasteiger partial charge < -0.3 is 15.0 Å². The van der Waals surface area contributed by atoms with Crippen LogP contribution in [0.25, 0.3) is 0 Å². The van der Waals surface area contributed by atoms with Crippen LogP contribution in [0.3, 0.4) is 0 Å². The molecule has 0 saturated heterocycles. The van der Waals surface area contributed by atoms with E-state index >= 15 is 0 Å². The summed E-state index contributed by atoms with van der Waals surface area (Å²) in [6, 6.07) is 0.135. The first-order valence-electron chi connectivity index (χ1n) is 7.25. The zero-order valence-corrected chi connectivity index (χ0v) is 12.1. The van der Waals surface area contributed by atoms with Crippen molar-refractivity contribution < 1.29 is 9.26 Å². The molecule has 0 aromatic carbocycles. The molecule has 0 radical (unpaired) electrons. The molecule has 1 fully saturated rings. The molecule has 0 amide bonds. The minimum absolute atomic E-state index is 0.112. The lowest BCUT2D eigenvalue weighted by Gasteiger charge is -2.17. The highest BCUT2D eigenvalue weighted by molar-refractivity contribution is 5.01. The topological polar surface area (TPSA) is 74.2 Å². The van der Waals surface area contributed by atoms with E-state index in [-0.39, 0.29) is 18.1 Å². The van der Waals surface area contributed by atoms with Crippen molar-refractivity contribution in [3.05, 3.63) is 11.7 Å². The van der Waals surface area contributed by atoms with E-state index in [4.69, 9.17) is 15.0 Å². The zero-order chi connectivity index (χ0) is 13.8. The first-order valence-corrected chi connectivity index (χ1v) is 7.25. The maximum Gasteiger partial charge on any atom is 0.231 e. The Morgan fingerprint density at radius 1 is 1.26 bits per heavy atom. The van der Waals surface area contributed by atoms with Crippen molar-refractivity contribution in [2.45, 2.75) is 64.0 Å². The van der Waals surface area contributed by atoms with Gasteiger partial charge in [-0.1, -0.05) is 38.3 Å². The van der Waals surface area contributed by atoms with E-state index in [1.807, 2.05) is 0 Å². The number of nitrogens with two attached hydrogens (primary N) is 1. The Labute approximate surface area is 114 Å². The number of rotatable bonds is 4. The van der Waals surface area contributed by atoms with E-state index in [1.54, 1.807) is 7.11 Å². The molecular weight excluding hydrogens is 242 g/mol. The van der Waals surface area contributed by atoms with Gasteiger partial charge in [0.1, 0.15) is 6.10 Å². The quantitative estimate of drug-likeness (QED) is 0.849. The predicted molar refractivity (Wildman–Crippen MR) is 72.7 cm³/mol. The smallest absolute Gasteiger partial charge is 0.231 e. The number of hydrogen-bond donors (Lipinski definition) is 1. The molecule has 1 heterocycles. The lowest BCUT2D eigenvalue weighted by Crippen LogP contribution is -2.27. The predicted octanol–water partition coefficient (Wildman–Crippen LogP) is 2.79. The average Bonchev–Trinajstić information content (AvgIpc) is 2.73. The Morgan fingerprint density at radius 2 is 2.00 bits per heavy atom. The Kier molecular flexibility index (Phi) is 4.93. The van der Waals surface area contributed by atoms with Crippen LogP contribution in [0.1, 0.15) is 69.7 Å². The van der Waals surface area contributed by atoms with E-state index in [1.165, 1.54) is 19.3 Å². The van der Waals surface area contributed by atoms with E-state index in [0.717, 1.165) is 12.8 Å². The standard InChI is InChI=1S/C14H25N3O2/c1-9(2)12(18-3)13-16-14(19-17-13)10-7-5-4-6-8-11(10)15/h9-12H,4-8,15H2,1-3H3. The van der Waals surface area contributed by atoms with Gasteiger partial charge in [-0.2, -0.15) is 4.98 Å². The van der Waals surface area contributed by atoms with Crippen molar-refractivity contribution in [2.24, 2.45) is 11.7 Å². The maximum atomic E-state index is 6.23. The van der Waals surface area contributed by atoms with E-state index in [2.05, 4.69) is 24.0 Å². The molecule has 2 rings (SSSR count). The monoisotopic (exact) mass is 267 g/mol. The molecule has 1 aliphatic rings. The third-order valence-corrected chi connectivity index (χ3v) is 3.96. The van der Waals surface area contributed by atoms with Crippen LogP contribution in [0.2, 0.25) is 0 Å². The summed E-state index contributed by atoms with van der Waals surface area (Å²) >= 11 is 0. The molecular formula is C14H25N3O2. The molecule has 1 aliphatic carbocycles. The summed E-state index contributed by atoms with van der Waals surface area (Å²) in [5.41, 5.74) is 6.23. The summed E-state index contributed by atoms with van der Waals surface area (Å²) in [4.78, 5) is 4.54. The summed E-state index contributed by atoms with van der Waals surface area (Å²) in [6.07, 6.45) is 5.61. The SMILES string of the molecule is COC(c1noc(C2CCCCCC2N)n1)C(C)C. The summed E-state index contributed by atoms with van der Waals surface area (Å²) < 4.78 is 10.9. The molecule has 2 N–H and O–H groups in total. The van der Waals surface area contributed by atoms with Gasteiger partial charge in [0.05, 0.1) is 5.92 Å². The molecule has 19 heavy (non-hydrogen) atoms. The van der Waals surface area contributed by atoms with Gasteiger partial charge in [-0.25, -0.2) is 0 Å². The van der Waals surface area contributed by atoms with Gasteiger partial charge in [0.15, 0.2) is 0 Å². The first-order chi connectivity index (χ1) is 9.13. The van der Waals surface area contributed by atoms with Crippen LogP contribution in [0.15, 0.2) is 4.52 Å². The average molecular weight is 267 g/mol. The van der Waals surface area contributed by atoms with Crippen LogP contribution in [0.5, 0.6) is 0 Å². The number of aromatic nitrogens is 2. The summed E-state index contributed by atoms with van der Waals surface area (Å²) in [6.45, 7) is 4.17. The third kappa shape index (κ3) is 3.34. The third-order valence-electron chi connectivity index (χ3n) is 3.96. The molecule has 5 heteroatoms. The van der Waals surface area contributed by atoms with Crippen LogP contribution in [0.4, 0.5) is 0 Å². The molecule has 0 aliphatic heterocycles. The highest BCUT2D eigenvalue weighted by Gasteiger charge is 2.29. The Bertz CT molecular complexity index is 392. The number of nitrogens with zero attached hydrogens (tertiary/aromatic N) is 2. The van der Waals surface area contributed by atoms with Crippen molar-refractivity contribution in [3.8, 4) is 0 Å². The Hall–Kier alpha value is -0.940. The molecule has 1 saturated carbocycles. The van der Waals surface area contributed by atoms with Gasteiger partial charge in [-0.3, -0.25) is 0 Å². The summed E-state index contributed by atoms with van der Waals surface area (Å²) in [5.74, 6) is 1.85. The normalized spacial score (nSPS) is 26.4. The number of ether oxygens (including phenoxy) is 1. The Morgan fingerprint density at radius 3 is 2.68 bits per heavy atom. The van der Waals surface area contributed by atoms with Gasteiger partial charge in [-0.15, -0.1) is 0 Å².